The van der Waals surface area contributed by atoms with E-state index in [1.807, 2.05) is 0 Å². The van der Waals surface area contributed by atoms with Crippen LogP contribution in [0.2, 0.25) is 0 Å². The molecule has 1 N–H and O–H groups in total. The number of carbonyl (C=O) groups is 1. The maximum atomic E-state index is 13.4. The second-order valence-electron chi connectivity index (χ2n) is 4.66. The topological polar surface area (TPSA) is 41.5 Å². The zero-order chi connectivity index (χ0) is 12.5. The Bertz CT molecular complexity index is 550. The Balaban J connectivity index is 1.66. The van der Waals surface area contributed by atoms with Crippen molar-refractivity contribution in [1.82, 2.24) is 5.43 Å². The average Bonchev–Trinajstić information content (AvgIpc) is 2.71. The summed E-state index contributed by atoms with van der Waals surface area (Å²) >= 11 is 0. The molecule has 2 aliphatic rings. The molecule has 1 saturated carbocycles. The molecular formula is C14H13FN2O. The minimum absolute atomic E-state index is 0.0299. The van der Waals surface area contributed by atoms with Gasteiger partial charge in [0, 0.05) is 11.6 Å². The molecule has 0 heterocycles. The van der Waals surface area contributed by atoms with Crippen LogP contribution in [0.4, 0.5) is 4.39 Å². The minimum atomic E-state index is -0.524. The monoisotopic (exact) mass is 244 g/mol. The summed E-state index contributed by atoms with van der Waals surface area (Å²) in [6, 6.07) is 5.90. The van der Waals surface area contributed by atoms with Crippen LogP contribution in [0.5, 0.6) is 0 Å². The van der Waals surface area contributed by atoms with Crippen LogP contribution in [0.25, 0.3) is 0 Å². The molecule has 2 atom stereocenters. The lowest BCUT2D eigenvalue weighted by Gasteiger charge is -2.31. The van der Waals surface area contributed by atoms with E-state index in [-0.39, 0.29) is 5.56 Å². The molecule has 3 nitrogen and oxygen atoms in total. The molecule has 3 rings (SSSR count). The van der Waals surface area contributed by atoms with E-state index in [9.17, 15) is 9.18 Å². The fraction of sp³-hybridized carbons (Fsp3) is 0.286. The number of benzene rings is 1. The van der Waals surface area contributed by atoms with Gasteiger partial charge in [0.2, 0.25) is 0 Å². The maximum Gasteiger partial charge on any atom is 0.274 e. The van der Waals surface area contributed by atoms with Crippen LogP contribution in [0, 0.1) is 17.7 Å². The highest BCUT2D eigenvalue weighted by Gasteiger charge is 2.38. The number of nitrogens with zero attached hydrogens (tertiary/aromatic N) is 1. The van der Waals surface area contributed by atoms with Crippen molar-refractivity contribution >= 4 is 11.6 Å². The number of amides is 1. The normalized spacial score (nSPS) is 26.8. The van der Waals surface area contributed by atoms with Crippen molar-refractivity contribution < 1.29 is 9.18 Å². The van der Waals surface area contributed by atoms with Gasteiger partial charge < -0.3 is 0 Å². The number of hydrogen-bond acceptors (Lipinski definition) is 2. The zero-order valence-corrected chi connectivity index (χ0v) is 9.77. The first-order chi connectivity index (χ1) is 8.75. The van der Waals surface area contributed by atoms with E-state index in [0.29, 0.717) is 11.8 Å². The van der Waals surface area contributed by atoms with E-state index >= 15 is 0 Å². The fourth-order valence-electron chi connectivity index (χ4n) is 2.49. The van der Waals surface area contributed by atoms with Crippen LogP contribution >= 0.6 is 0 Å². The van der Waals surface area contributed by atoms with Crippen LogP contribution < -0.4 is 5.43 Å². The molecule has 0 spiro atoms. The third kappa shape index (κ3) is 1.83. The number of hydrogen-bond donors (Lipinski definition) is 1. The third-order valence-electron chi connectivity index (χ3n) is 3.58. The van der Waals surface area contributed by atoms with Crippen molar-refractivity contribution in [3.63, 3.8) is 0 Å². The molecule has 92 valence electrons. The van der Waals surface area contributed by atoms with Crippen LogP contribution in [-0.2, 0) is 0 Å². The summed E-state index contributed by atoms with van der Waals surface area (Å²) in [4.78, 5) is 11.7. The molecule has 4 heteroatoms. The third-order valence-corrected chi connectivity index (χ3v) is 3.58. The van der Waals surface area contributed by atoms with E-state index in [4.69, 9.17) is 0 Å². The van der Waals surface area contributed by atoms with Gasteiger partial charge in [0.1, 0.15) is 5.82 Å². The number of halogens is 1. The Morgan fingerprint density at radius 3 is 3.00 bits per heavy atom. The highest BCUT2D eigenvalue weighted by atomic mass is 19.1. The summed E-state index contributed by atoms with van der Waals surface area (Å²) in [5.41, 5.74) is 3.47. The molecule has 1 fully saturated rings. The van der Waals surface area contributed by atoms with Gasteiger partial charge in [0.05, 0.1) is 5.56 Å². The van der Waals surface area contributed by atoms with Crippen molar-refractivity contribution in [1.29, 1.82) is 0 Å². The fourth-order valence-corrected chi connectivity index (χ4v) is 2.49. The van der Waals surface area contributed by atoms with Gasteiger partial charge in [-0.25, -0.2) is 9.82 Å². The number of hydrazone groups is 1. The van der Waals surface area contributed by atoms with E-state index in [1.54, 1.807) is 12.1 Å². The molecule has 18 heavy (non-hydrogen) atoms. The highest BCUT2D eigenvalue weighted by molar-refractivity contribution is 5.98. The smallest absolute Gasteiger partial charge is 0.267 e. The molecule has 0 bridgehead atoms. The van der Waals surface area contributed by atoms with E-state index < -0.39 is 11.7 Å². The van der Waals surface area contributed by atoms with Crippen molar-refractivity contribution in [2.24, 2.45) is 16.9 Å². The van der Waals surface area contributed by atoms with E-state index in [1.165, 1.54) is 12.1 Å². The van der Waals surface area contributed by atoms with Gasteiger partial charge in [-0.2, -0.15) is 5.10 Å². The van der Waals surface area contributed by atoms with Gasteiger partial charge in [-0.1, -0.05) is 24.3 Å². The summed E-state index contributed by atoms with van der Waals surface area (Å²) in [6.07, 6.45) is 6.25. The molecule has 0 saturated heterocycles. The number of allylic oxidation sites excluding steroid dienone is 2. The molecule has 1 amide bonds. The van der Waals surface area contributed by atoms with E-state index in [0.717, 1.165) is 18.6 Å². The van der Waals surface area contributed by atoms with Crippen LogP contribution in [0.15, 0.2) is 41.5 Å². The predicted molar refractivity (Wildman–Crippen MR) is 66.7 cm³/mol. The predicted octanol–water partition coefficient (Wildman–Crippen LogP) is 2.51. The first-order valence-corrected chi connectivity index (χ1v) is 6.03. The second-order valence-corrected chi connectivity index (χ2v) is 4.66. The standard InChI is InChI=1S/C14H13FN2O/c15-12-7-2-1-5-11(12)14(18)17-16-13-8-9-4-3-6-10(9)13/h1-5,7,9-10H,6,8H2,(H,17,18)/b16-13-/t9-,10-/m0/s1. The SMILES string of the molecule is O=C(N/N=C1/C[C@@H]2C=CC[C@H]12)c1ccccc1F. The van der Waals surface area contributed by atoms with Crippen molar-refractivity contribution in [2.75, 3.05) is 0 Å². The molecule has 0 aliphatic heterocycles. The Morgan fingerprint density at radius 2 is 2.22 bits per heavy atom. The van der Waals surface area contributed by atoms with Crippen molar-refractivity contribution in [2.45, 2.75) is 12.8 Å². The van der Waals surface area contributed by atoms with Crippen LogP contribution in [-0.4, -0.2) is 11.6 Å². The summed E-state index contributed by atoms with van der Waals surface area (Å²) in [5, 5.41) is 4.10. The quantitative estimate of drug-likeness (QED) is 0.630. The Morgan fingerprint density at radius 1 is 1.39 bits per heavy atom. The summed E-state index contributed by atoms with van der Waals surface area (Å²) in [6.45, 7) is 0. The largest absolute Gasteiger partial charge is 0.274 e. The zero-order valence-electron chi connectivity index (χ0n) is 9.77. The lowest BCUT2D eigenvalue weighted by atomic mass is 9.74. The van der Waals surface area contributed by atoms with Gasteiger partial charge in [-0.3, -0.25) is 4.79 Å². The Hall–Kier alpha value is -1.97. The molecule has 0 radical (unpaired) electrons. The maximum absolute atomic E-state index is 13.4. The van der Waals surface area contributed by atoms with Gasteiger partial charge in [0.25, 0.3) is 5.91 Å². The molecule has 2 aliphatic carbocycles. The summed E-state index contributed by atoms with van der Waals surface area (Å²) in [7, 11) is 0. The number of fused-ring (bicyclic) bond motifs is 1. The van der Waals surface area contributed by atoms with Gasteiger partial charge in [0.15, 0.2) is 0 Å². The van der Waals surface area contributed by atoms with Gasteiger partial charge >= 0.3 is 0 Å². The highest BCUT2D eigenvalue weighted by Crippen LogP contribution is 2.40. The van der Waals surface area contributed by atoms with Crippen molar-refractivity contribution in [3.05, 3.63) is 47.8 Å². The molecule has 0 unspecified atom stereocenters. The molecule has 1 aromatic carbocycles. The molecular weight excluding hydrogens is 231 g/mol. The molecule has 1 aromatic rings. The van der Waals surface area contributed by atoms with Crippen LogP contribution in [0.3, 0.4) is 0 Å². The number of rotatable bonds is 2. The minimum Gasteiger partial charge on any atom is -0.267 e. The van der Waals surface area contributed by atoms with Gasteiger partial charge in [-0.05, 0) is 30.9 Å². The second kappa shape index (κ2) is 4.37. The first-order valence-electron chi connectivity index (χ1n) is 6.03. The van der Waals surface area contributed by atoms with E-state index in [2.05, 4.69) is 22.7 Å². The van der Waals surface area contributed by atoms with Gasteiger partial charge in [-0.15, -0.1) is 0 Å². The Kier molecular flexibility index (Phi) is 2.70. The number of carbonyl (C=O) groups excluding carboxylic acids is 1. The molecule has 0 aromatic heterocycles. The summed E-state index contributed by atoms with van der Waals surface area (Å²) in [5.74, 6) is 0.0271. The number of nitrogens with one attached hydrogen (secondary N) is 1. The van der Waals surface area contributed by atoms with Crippen LogP contribution in [0.1, 0.15) is 23.2 Å². The van der Waals surface area contributed by atoms with Crippen molar-refractivity contribution in [3.8, 4) is 0 Å². The average molecular weight is 244 g/mol. The lowest BCUT2D eigenvalue weighted by molar-refractivity contribution is 0.0950. The first kappa shape index (κ1) is 11.1. The Labute approximate surface area is 104 Å². The lowest BCUT2D eigenvalue weighted by Crippen LogP contribution is -2.35. The summed E-state index contributed by atoms with van der Waals surface area (Å²) < 4.78 is 13.4.